The Labute approximate surface area is 175 Å². The van der Waals surface area contributed by atoms with E-state index in [-0.39, 0.29) is 11.8 Å². The predicted octanol–water partition coefficient (Wildman–Crippen LogP) is 4.08. The first-order valence-corrected chi connectivity index (χ1v) is 10.0. The fraction of sp³-hybridized carbons (Fsp3) is 0.348. The monoisotopic (exact) mass is 407 g/mol. The molecule has 2 aromatic carbocycles. The third-order valence-electron chi connectivity index (χ3n) is 5.52. The molecule has 2 heterocycles. The lowest BCUT2D eigenvalue weighted by Gasteiger charge is -2.31. The summed E-state index contributed by atoms with van der Waals surface area (Å²) < 4.78 is 16.1. The molecule has 0 saturated carbocycles. The van der Waals surface area contributed by atoms with Crippen LogP contribution < -0.4 is 9.47 Å². The molecular formula is C23H25N3O4. The van der Waals surface area contributed by atoms with E-state index in [2.05, 4.69) is 10.1 Å². The third kappa shape index (κ3) is 3.87. The van der Waals surface area contributed by atoms with Crippen molar-refractivity contribution in [2.45, 2.75) is 25.7 Å². The molecule has 1 saturated heterocycles. The van der Waals surface area contributed by atoms with Gasteiger partial charge in [0, 0.05) is 24.6 Å². The SMILES string of the molecule is COc1ccc(C(=O)N2CCC[C@H](c3noc(-c4ccccc4OC)n3)C2)c(C)c1. The Balaban J connectivity index is 1.52. The van der Waals surface area contributed by atoms with Gasteiger partial charge in [0.25, 0.3) is 11.8 Å². The summed E-state index contributed by atoms with van der Waals surface area (Å²) in [7, 11) is 3.23. The minimum absolute atomic E-state index is 0.0216. The molecular weight excluding hydrogens is 382 g/mol. The van der Waals surface area contributed by atoms with Crippen molar-refractivity contribution in [3.63, 3.8) is 0 Å². The van der Waals surface area contributed by atoms with E-state index in [1.165, 1.54) is 0 Å². The van der Waals surface area contributed by atoms with Gasteiger partial charge in [0.05, 0.1) is 19.8 Å². The fourth-order valence-corrected chi connectivity index (χ4v) is 3.88. The average Bonchev–Trinajstić information content (AvgIpc) is 3.29. The molecule has 1 aliphatic rings. The summed E-state index contributed by atoms with van der Waals surface area (Å²) in [5.74, 6) is 2.54. The summed E-state index contributed by atoms with van der Waals surface area (Å²) in [6.45, 7) is 3.21. The molecule has 0 N–H and O–H groups in total. The smallest absolute Gasteiger partial charge is 0.261 e. The van der Waals surface area contributed by atoms with Gasteiger partial charge in [0.1, 0.15) is 11.5 Å². The zero-order valence-electron chi connectivity index (χ0n) is 17.4. The molecule has 4 rings (SSSR count). The molecule has 0 bridgehead atoms. The molecule has 30 heavy (non-hydrogen) atoms. The van der Waals surface area contributed by atoms with Crippen LogP contribution in [0.2, 0.25) is 0 Å². The van der Waals surface area contributed by atoms with E-state index in [9.17, 15) is 4.79 Å². The lowest BCUT2D eigenvalue weighted by atomic mass is 9.96. The maximum atomic E-state index is 13.1. The second-order valence-electron chi connectivity index (χ2n) is 7.43. The van der Waals surface area contributed by atoms with Crippen molar-refractivity contribution >= 4 is 5.91 Å². The highest BCUT2D eigenvalue weighted by atomic mass is 16.5. The van der Waals surface area contributed by atoms with Crippen LogP contribution in [-0.4, -0.2) is 48.3 Å². The van der Waals surface area contributed by atoms with Gasteiger partial charge in [0.15, 0.2) is 5.82 Å². The summed E-state index contributed by atoms with van der Waals surface area (Å²) in [6, 6.07) is 13.1. The Bertz CT molecular complexity index is 1050. The summed E-state index contributed by atoms with van der Waals surface area (Å²) >= 11 is 0. The molecule has 7 nitrogen and oxygen atoms in total. The van der Waals surface area contributed by atoms with Crippen LogP contribution in [0.5, 0.6) is 11.5 Å². The van der Waals surface area contributed by atoms with E-state index in [1.807, 2.05) is 54.3 Å². The van der Waals surface area contributed by atoms with E-state index in [4.69, 9.17) is 14.0 Å². The second kappa shape index (κ2) is 8.57. The Morgan fingerprint density at radius 3 is 2.77 bits per heavy atom. The number of para-hydroxylation sites is 1. The quantitative estimate of drug-likeness (QED) is 0.634. The number of hydrogen-bond donors (Lipinski definition) is 0. The molecule has 1 amide bonds. The second-order valence-corrected chi connectivity index (χ2v) is 7.43. The Hall–Kier alpha value is -3.35. The highest BCUT2D eigenvalue weighted by Crippen LogP contribution is 2.32. The molecule has 1 fully saturated rings. The zero-order chi connectivity index (χ0) is 21.1. The standard InChI is InChI=1S/C23H25N3O4/c1-15-13-17(28-2)10-11-18(15)23(27)26-12-6-7-16(14-26)21-24-22(30-25-21)19-8-4-5-9-20(19)29-3/h4-5,8-11,13,16H,6-7,12,14H2,1-3H3/t16-/m0/s1. The van der Waals surface area contributed by atoms with Crippen molar-refractivity contribution in [2.24, 2.45) is 0 Å². The molecule has 0 unspecified atom stereocenters. The number of aryl methyl sites for hydroxylation is 1. The number of likely N-dealkylation sites (tertiary alicyclic amines) is 1. The van der Waals surface area contributed by atoms with Gasteiger partial charge in [-0.1, -0.05) is 17.3 Å². The number of hydrogen-bond acceptors (Lipinski definition) is 6. The van der Waals surface area contributed by atoms with Crippen molar-refractivity contribution in [1.82, 2.24) is 15.0 Å². The number of amides is 1. The van der Waals surface area contributed by atoms with Crippen molar-refractivity contribution in [2.75, 3.05) is 27.3 Å². The maximum absolute atomic E-state index is 13.1. The van der Waals surface area contributed by atoms with E-state index in [0.717, 1.165) is 36.3 Å². The summed E-state index contributed by atoms with van der Waals surface area (Å²) in [6.07, 6.45) is 1.81. The first kappa shape index (κ1) is 19.9. The average molecular weight is 407 g/mol. The number of piperidine rings is 1. The van der Waals surface area contributed by atoms with Gasteiger partial charge in [-0.15, -0.1) is 0 Å². The molecule has 1 atom stereocenters. The summed E-state index contributed by atoms with van der Waals surface area (Å²) in [4.78, 5) is 19.6. The molecule has 1 aliphatic heterocycles. The van der Waals surface area contributed by atoms with Crippen molar-refractivity contribution < 1.29 is 18.8 Å². The van der Waals surface area contributed by atoms with Gasteiger partial charge >= 0.3 is 0 Å². The third-order valence-corrected chi connectivity index (χ3v) is 5.52. The number of benzene rings is 2. The number of rotatable bonds is 5. The molecule has 7 heteroatoms. The lowest BCUT2D eigenvalue weighted by Crippen LogP contribution is -2.39. The van der Waals surface area contributed by atoms with Crippen LogP contribution in [-0.2, 0) is 0 Å². The zero-order valence-corrected chi connectivity index (χ0v) is 17.4. The largest absolute Gasteiger partial charge is 0.497 e. The van der Waals surface area contributed by atoms with E-state index in [0.29, 0.717) is 29.6 Å². The van der Waals surface area contributed by atoms with Crippen LogP contribution in [0.3, 0.4) is 0 Å². The first-order valence-electron chi connectivity index (χ1n) is 10.0. The topological polar surface area (TPSA) is 77.7 Å². The molecule has 0 radical (unpaired) electrons. The number of aromatic nitrogens is 2. The molecule has 0 aliphatic carbocycles. The lowest BCUT2D eigenvalue weighted by molar-refractivity contribution is 0.0703. The van der Waals surface area contributed by atoms with E-state index >= 15 is 0 Å². The van der Waals surface area contributed by atoms with Crippen molar-refractivity contribution in [1.29, 1.82) is 0 Å². The molecule has 0 spiro atoms. The Kier molecular flexibility index (Phi) is 5.70. The van der Waals surface area contributed by atoms with Gasteiger partial charge in [0.2, 0.25) is 0 Å². The number of ether oxygens (including phenoxy) is 2. The van der Waals surface area contributed by atoms with Gasteiger partial charge in [-0.05, 0) is 55.7 Å². The molecule has 1 aromatic heterocycles. The number of carbonyl (C=O) groups is 1. The summed E-state index contributed by atoms with van der Waals surface area (Å²) in [5, 5.41) is 4.20. The van der Waals surface area contributed by atoms with Crippen LogP contribution in [0.25, 0.3) is 11.5 Å². The number of nitrogens with zero attached hydrogens (tertiary/aromatic N) is 3. The van der Waals surface area contributed by atoms with Gasteiger partial charge in [-0.25, -0.2) is 0 Å². The highest BCUT2D eigenvalue weighted by Gasteiger charge is 2.29. The predicted molar refractivity (Wildman–Crippen MR) is 112 cm³/mol. The molecule has 3 aromatic rings. The van der Waals surface area contributed by atoms with Crippen LogP contribution in [0.15, 0.2) is 47.0 Å². The minimum Gasteiger partial charge on any atom is -0.497 e. The maximum Gasteiger partial charge on any atom is 0.261 e. The number of methoxy groups -OCH3 is 2. The van der Waals surface area contributed by atoms with E-state index in [1.54, 1.807) is 14.2 Å². The van der Waals surface area contributed by atoms with Crippen molar-refractivity contribution in [3.05, 3.63) is 59.4 Å². The number of carbonyl (C=O) groups excluding carboxylic acids is 1. The highest BCUT2D eigenvalue weighted by molar-refractivity contribution is 5.96. The van der Waals surface area contributed by atoms with Gasteiger partial charge in [-0.3, -0.25) is 4.79 Å². The minimum atomic E-state index is 0.0216. The van der Waals surface area contributed by atoms with Crippen LogP contribution in [0, 0.1) is 6.92 Å². The van der Waals surface area contributed by atoms with Gasteiger partial charge in [-0.2, -0.15) is 4.98 Å². The van der Waals surface area contributed by atoms with Crippen molar-refractivity contribution in [3.8, 4) is 23.0 Å². The van der Waals surface area contributed by atoms with Gasteiger partial charge < -0.3 is 18.9 Å². The van der Waals surface area contributed by atoms with Crippen LogP contribution in [0.4, 0.5) is 0 Å². The molecule has 156 valence electrons. The fourth-order valence-electron chi connectivity index (χ4n) is 3.88. The Morgan fingerprint density at radius 2 is 2.00 bits per heavy atom. The Morgan fingerprint density at radius 1 is 1.17 bits per heavy atom. The summed E-state index contributed by atoms with van der Waals surface area (Å²) in [5.41, 5.74) is 2.36. The van der Waals surface area contributed by atoms with Crippen LogP contribution >= 0.6 is 0 Å². The van der Waals surface area contributed by atoms with Crippen LogP contribution in [0.1, 0.15) is 40.5 Å². The normalized spacial score (nSPS) is 16.4. The first-order chi connectivity index (χ1) is 14.6. The van der Waals surface area contributed by atoms with E-state index < -0.39 is 0 Å².